The lowest BCUT2D eigenvalue weighted by atomic mass is 10.1. The number of benzene rings is 2. The summed E-state index contributed by atoms with van der Waals surface area (Å²) >= 11 is 3.36. The van der Waals surface area contributed by atoms with E-state index in [1.165, 1.54) is 0 Å². The van der Waals surface area contributed by atoms with E-state index in [0.29, 0.717) is 11.5 Å². The topological polar surface area (TPSA) is 59.9 Å². The van der Waals surface area contributed by atoms with Gasteiger partial charge in [-0.1, -0.05) is 28.1 Å². The number of hydrogen-bond acceptors (Lipinski definition) is 4. The van der Waals surface area contributed by atoms with E-state index in [0.717, 1.165) is 15.6 Å². The van der Waals surface area contributed by atoms with E-state index < -0.39 is 0 Å². The van der Waals surface area contributed by atoms with E-state index in [-0.39, 0.29) is 12.3 Å². The fraction of sp³-hybridized carbons (Fsp3) is 0.176. The highest BCUT2D eigenvalue weighted by Gasteiger charge is 2.04. The first-order chi connectivity index (χ1) is 11.1. The minimum Gasteiger partial charge on any atom is -0.493 e. The number of hydrogen-bond donors (Lipinski definition) is 1. The maximum absolute atomic E-state index is 11.8. The molecule has 0 radical (unpaired) electrons. The number of halogens is 1. The van der Waals surface area contributed by atoms with E-state index in [4.69, 9.17) is 9.47 Å². The third kappa shape index (κ3) is 5.10. The molecule has 0 heterocycles. The summed E-state index contributed by atoms with van der Waals surface area (Å²) in [7, 11) is 3.15. The first-order valence-corrected chi connectivity index (χ1v) is 7.70. The Morgan fingerprint density at radius 3 is 2.48 bits per heavy atom. The maximum atomic E-state index is 11.8. The lowest BCUT2D eigenvalue weighted by Crippen LogP contribution is -2.19. The van der Waals surface area contributed by atoms with Gasteiger partial charge in [-0.2, -0.15) is 5.10 Å². The zero-order chi connectivity index (χ0) is 16.7. The second-order valence-electron chi connectivity index (χ2n) is 4.71. The molecule has 2 aromatic carbocycles. The standard InChI is InChI=1S/C17H17BrN2O3/c1-22-15-8-5-13(9-16(15)23-2)11-19-20-17(21)10-12-3-6-14(18)7-4-12/h3-9,11H,10H2,1-2H3,(H,20,21)/b19-11+. The van der Waals surface area contributed by atoms with Crippen molar-refractivity contribution in [2.75, 3.05) is 14.2 Å². The fourth-order valence-electron chi connectivity index (χ4n) is 1.94. The normalized spacial score (nSPS) is 10.6. The first kappa shape index (κ1) is 17.0. The van der Waals surface area contributed by atoms with Crippen LogP contribution in [0.25, 0.3) is 0 Å². The van der Waals surface area contributed by atoms with Crippen molar-refractivity contribution in [2.45, 2.75) is 6.42 Å². The number of methoxy groups -OCH3 is 2. The van der Waals surface area contributed by atoms with Gasteiger partial charge in [-0.05, 0) is 41.5 Å². The zero-order valence-electron chi connectivity index (χ0n) is 12.9. The Morgan fingerprint density at radius 2 is 1.83 bits per heavy atom. The second-order valence-corrected chi connectivity index (χ2v) is 5.63. The Kier molecular flexibility index (Phi) is 6.17. The molecule has 6 heteroatoms. The van der Waals surface area contributed by atoms with Crippen LogP contribution in [0.3, 0.4) is 0 Å². The van der Waals surface area contributed by atoms with E-state index in [9.17, 15) is 4.79 Å². The highest BCUT2D eigenvalue weighted by Crippen LogP contribution is 2.26. The van der Waals surface area contributed by atoms with Crippen LogP contribution in [0.15, 0.2) is 52.0 Å². The monoisotopic (exact) mass is 376 g/mol. The molecule has 0 unspecified atom stereocenters. The molecule has 0 atom stereocenters. The molecule has 0 aliphatic carbocycles. The lowest BCUT2D eigenvalue weighted by Gasteiger charge is -2.07. The highest BCUT2D eigenvalue weighted by molar-refractivity contribution is 9.10. The van der Waals surface area contributed by atoms with Gasteiger partial charge in [0.15, 0.2) is 11.5 Å². The molecule has 0 bridgehead atoms. The van der Waals surface area contributed by atoms with E-state index >= 15 is 0 Å². The van der Waals surface area contributed by atoms with Crippen LogP contribution in [-0.2, 0) is 11.2 Å². The van der Waals surface area contributed by atoms with Crippen molar-refractivity contribution in [3.8, 4) is 11.5 Å². The molecule has 1 N–H and O–H groups in total. The fourth-order valence-corrected chi connectivity index (χ4v) is 2.20. The van der Waals surface area contributed by atoms with Gasteiger partial charge in [-0.15, -0.1) is 0 Å². The molecule has 0 aliphatic heterocycles. The summed E-state index contributed by atoms with van der Waals surface area (Å²) in [6.07, 6.45) is 1.83. The smallest absolute Gasteiger partial charge is 0.244 e. The molecule has 1 amide bonds. The molecular formula is C17H17BrN2O3. The predicted octanol–water partition coefficient (Wildman–Crippen LogP) is 3.16. The number of carbonyl (C=O) groups excluding carboxylic acids is 1. The Hall–Kier alpha value is -2.34. The summed E-state index contributed by atoms with van der Waals surface area (Å²) in [5, 5.41) is 3.96. The average Bonchev–Trinajstić information content (AvgIpc) is 2.56. The second kappa shape index (κ2) is 8.33. The molecule has 23 heavy (non-hydrogen) atoms. The van der Waals surface area contributed by atoms with Gasteiger partial charge >= 0.3 is 0 Å². The van der Waals surface area contributed by atoms with Crippen LogP contribution in [-0.4, -0.2) is 26.3 Å². The summed E-state index contributed by atoms with van der Waals surface area (Å²) in [6, 6.07) is 13.0. The van der Waals surface area contributed by atoms with Crippen LogP contribution < -0.4 is 14.9 Å². The van der Waals surface area contributed by atoms with Gasteiger partial charge in [0.1, 0.15) is 0 Å². The molecule has 2 rings (SSSR count). The molecule has 0 aromatic heterocycles. The molecule has 0 saturated heterocycles. The Labute approximate surface area is 143 Å². The third-order valence-electron chi connectivity index (χ3n) is 3.09. The molecule has 120 valence electrons. The highest BCUT2D eigenvalue weighted by atomic mass is 79.9. The van der Waals surface area contributed by atoms with Crippen LogP contribution in [0, 0.1) is 0 Å². The number of rotatable bonds is 6. The molecular weight excluding hydrogens is 360 g/mol. The molecule has 0 fully saturated rings. The molecule has 0 aliphatic rings. The largest absolute Gasteiger partial charge is 0.493 e. The summed E-state index contributed by atoms with van der Waals surface area (Å²) in [4.78, 5) is 11.8. The number of ether oxygens (including phenoxy) is 2. The van der Waals surface area contributed by atoms with Gasteiger partial charge in [-0.25, -0.2) is 5.43 Å². The van der Waals surface area contributed by atoms with E-state index in [1.54, 1.807) is 32.6 Å². The zero-order valence-corrected chi connectivity index (χ0v) is 14.5. The summed E-state index contributed by atoms with van der Waals surface area (Å²) < 4.78 is 11.4. The van der Waals surface area contributed by atoms with Crippen LogP contribution in [0.5, 0.6) is 11.5 Å². The van der Waals surface area contributed by atoms with Crippen molar-refractivity contribution in [3.05, 3.63) is 58.1 Å². The number of amides is 1. The summed E-state index contributed by atoms with van der Waals surface area (Å²) in [5.41, 5.74) is 4.23. The Balaban J connectivity index is 1.93. The van der Waals surface area contributed by atoms with Crippen LogP contribution in [0.4, 0.5) is 0 Å². The van der Waals surface area contributed by atoms with Gasteiger partial charge < -0.3 is 9.47 Å². The third-order valence-corrected chi connectivity index (χ3v) is 3.62. The van der Waals surface area contributed by atoms with Crippen molar-refractivity contribution in [2.24, 2.45) is 5.10 Å². The Morgan fingerprint density at radius 1 is 1.13 bits per heavy atom. The van der Waals surface area contributed by atoms with Crippen molar-refractivity contribution in [1.29, 1.82) is 0 Å². The van der Waals surface area contributed by atoms with E-state index in [2.05, 4.69) is 26.5 Å². The van der Waals surface area contributed by atoms with Crippen molar-refractivity contribution in [1.82, 2.24) is 5.43 Å². The minimum atomic E-state index is -0.177. The number of nitrogens with zero attached hydrogens (tertiary/aromatic N) is 1. The van der Waals surface area contributed by atoms with Gasteiger partial charge in [0.05, 0.1) is 26.9 Å². The summed E-state index contributed by atoms with van der Waals surface area (Å²) in [5.74, 6) is 1.07. The Bertz CT molecular complexity index is 699. The van der Waals surface area contributed by atoms with E-state index in [1.807, 2.05) is 30.3 Å². The van der Waals surface area contributed by atoms with Crippen molar-refractivity contribution >= 4 is 28.1 Å². The van der Waals surface area contributed by atoms with Gasteiger partial charge in [0.25, 0.3) is 0 Å². The maximum Gasteiger partial charge on any atom is 0.244 e. The quantitative estimate of drug-likeness (QED) is 0.622. The van der Waals surface area contributed by atoms with Crippen molar-refractivity contribution in [3.63, 3.8) is 0 Å². The van der Waals surface area contributed by atoms with Crippen LogP contribution in [0.2, 0.25) is 0 Å². The number of carbonyl (C=O) groups is 1. The minimum absolute atomic E-state index is 0.177. The first-order valence-electron chi connectivity index (χ1n) is 6.90. The van der Waals surface area contributed by atoms with Gasteiger partial charge in [-0.3, -0.25) is 4.79 Å². The molecule has 0 saturated carbocycles. The van der Waals surface area contributed by atoms with Crippen molar-refractivity contribution < 1.29 is 14.3 Å². The lowest BCUT2D eigenvalue weighted by molar-refractivity contribution is -0.120. The number of nitrogens with one attached hydrogen (secondary N) is 1. The van der Waals surface area contributed by atoms with Crippen LogP contribution >= 0.6 is 15.9 Å². The molecule has 0 spiro atoms. The molecule has 5 nitrogen and oxygen atoms in total. The average molecular weight is 377 g/mol. The van der Waals surface area contributed by atoms with Gasteiger partial charge in [0.2, 0.25) is 5.91 Å². The van der Waals surface area contributed by atoms with Gasteiger partial charge in [0, 0.05) is 4.47 Å². The SMILES string of the molecule is COc1ccc(/C=N/NC(=O)Cc2ccc(Br)cc2)cc1OC. The van der Waals surface area contributed by atoms with Crippen LogP contribution in [0.1, 0.15) is 11.1 Å². The summed E-state index contributed by atoms with van der Waals surface area (Å²) in [6.45, 7) is 0. The number of hydrazone groups is 1. The predicted molar refractivity (Wildman–Crippen MR) is 93.1 cm³/mol. The molecule has 2 aromatic rings.